The van der Waals surface area contributed by atoms with Gasteiger partial charge >= 0.3 is 0 Å². The topological polar surface area (TPSA) is 99.2 Å². The second-order valence-corrected chi connectivity index (χ2v) is 13.9. The molecule has 0 unspecified atom stereocenters. The monoisotopic (exact) mass is 561 g/mol. The van der Waals surface area contributed by atoms with Crippen LogP contribution < -0.4 is 14.5 Å². The average molecular weight is 562 g/mol. The number of aromatic hydroxyl groups is 1. The van der Waals surface area contributed by atoms with Crippen molar-refractivity contribution in [3.8, 4) is 16.9 Å². The first-order valence-electron chi connectivity index (χ1n) is 13.7. The van der Waals surface area contributed by atoms with Gasteiger partial charge in [-0.2, -0.15) is 0 Å². The number of phenolic OH excluding ortho intramolecular Hbond substituents is 1. The van der Waals surface area contributed by atoms with E-state index in [0.29, 0.717) is 30.3 Å². The summed E-state index contributed by atoms with van der Waals surface area (Å²) in [6.45, 7) is 8.80. The molecule has 3 aliphatic rings. The van der Waals surface area contributed by atoms with Gasteiger partial charge in [0, 0.05) is 35.6 Å². The Morgan fingerprint density at radius 1 is 1.02 bits per heavy atom. The number of nitrogens with one attached hydrogen (secondary N) is 1. The molecule has 0 aromatic heterocycles. The van der Waals surface area contributed by atoms with Gasteiger partial charge in [-0.15, -0.1) is 0 Å². The lowest BCUT2D eigenvalue weighted by Gasteiger charge is -2.33. The number of carbonyl (C=O) groups excluding carboxylic acids is 1. The van der Waals surface area contributed by atoms with Crippen LogP contribution in [0.4, 0.5) is 17.1 Å². The van der Waals surface area contributed by atoms with E-state index in [1.165, 1.54) is 23.4 Å². The molecule has 210 valence electrons. The normalized spacial score (nSPS) is 20.6. The molecule has 6 rings (SSSR count). The molecule has 9 heteroatoms. The van der Waals surface area contributed by atoms with Crippen LogP contribution in [0.15, 0.2) is 54.6 Å². The Hall–Kier alpha value is -3.56. The second-order valence-electron chi connectivity index (χ2n) is 12.1. The quantitative estimate of drug-likeness (QED) is 0.430. The minimum Gasteiger partial charge on any atom is -0.506 e. The van der Waals surface area contributed by atoms with Crippen LogP contribution in [-0.2, 0) is 26.6 Å². The molecular formula is C31H35N3O5S. The number of nitrogens with zero attached hydrogens (tertiary/aromatic N) is 2. The van der Waals surface area contributed by atoms with Crippen molar-refractivity contribution in [1.29, 1.82) is 0 Å². The van der Waals surface area contributed by atoms with Gasteiger partial charge in [0.25, 0.3) is 5.91 Å². The van der Waals surface area contributed by atoms with Crippen molar-refractivity contribution in [3.63, 3.8) is 0 Å². The number of carbonyl (C=O) groups is 1. The van der Waals surface area contributed by atoms with Crippen LogP contribution in [0.5, 0.6) is 5.75 Å². The first-order valence-corrected chi connectivity index (χ1v) is 15.6. The number of hydrogen-bond donors (Lipinski definition) is 2. The predicted molar refractivity (Wildman–Crippen MR) is 158 cm³/mol. The third kappa shape index (κ3) is 4.92. The number of amides is 1. The fourth-order valence-electron chi connectivity index (χ4n) is 6.05. The number of phenols is 1. The van der Waals surface area contributed by atoms with Gasteiger partial charge in [0.1, 0.15) is 5.75 Å². The van der Waals surface area contributed by atoms with Crippen molar-refractivity contribution < 1.29 is 23.1 Å². The van der Waals surface area contributed by atoms with Crippen molar-refractivity contribution in [2.24, 2.45) is 0 Å². The first kappa shape index (κ1) is 26.7. The number of sulfonamides is 1. The molecule has 3 aliphatic heterocycles. The Labute approximate surface area is 235 Å². The molecule has 0 radical (unpaired) electrons. The predicted octanol–water partition coefficient (Wildman–Crippen LogP) is 4.91. The van der Waals surface area contributed by atoms with Crippen LogP contribution in [0, 0.1) is 0 Å². The van der Waals surface area contributed by atoms with E-state index in [4.69, 9.17) is 4.74 Å². The Balaban J connectivity index is 1.33. The summed E-state index contributed by atoms with van der Waals surface area (Å²) in [6.07, 6.45) is 3.02. The summed E-state index contributed by atoms with van der Waals surface area (Å²) >= 11 is 0. The highest BCUT2D eigenvalue weighted by Crippen LogP contribution is 2.42. The highest BCUT2D eigenvalue weighted by Gasteiger charge is 2.40. The second kappa shape index (κ2) is 9.52. The molecule has 2 atom stereocenters. The number of anilines is 3. The van der Waals surface area contributed by atoms with E-state index in [-0.39, 0.29) is 28.9 Å². The summed E-state index contributed by atoms with van der Waals surface area (Å²) in [5.74, 6) is -0.351. The molecule has 3 heterocycles. The maximum atomic E-state index is 13.6. The minimum absolute atomic E-state index is 0.0270. The minimum atomic E-state index is -3.59. The summed E-state index contributed by atoms with van der Waals surface area (Å²) < 4.78 is 31.6. The number of benzene rings is 3. The van der Waals surface area contributed by atoms with Crippen LogP contribution in [0.25, 0.3) is 11.1 Å². The molecule has 3 aromatic carbocycles. The van der Waals surface area contributed by atoms with Crippen LogP contribution >= 0.6 is 0 Å². The number of hydrogen-bond acceptors (Lipinski definition) is 6. The molecule has 0 aliphatic carbocycles. The maximum absolute atomic E-state index is 13.6. The van der Waals surface area contributed by atoms with E-state index < -0.39 is 10.0 Å². The summed E-state index contributed by atoms with van der Waals surface area (Å²) in [5.41, 5.74) is 6.97. The Morgan fingerprint density at radius 2 is 1.80 bits per heavy atom. The van der Waals surface area contributed by atoms with Crippen LogP contribution in [0.2, 0.25) is 0 Å². The smallest absolute Gasteiger partial charge is 0.258 e. The lowest BCUT2D eigenvalue weighted by Crippen LogP contribution is -2.38. The fourth-order valence-corrected chi connectivity index (χ4v) is 6.61. The average Bonchev–Trinajstić information content (AvgIpc) is 3.53. The summed E-state index contributed by atoms with van der Waals surface area (Å²) in [4.78, 5) is 17.7. The lowest BCUT2D eigenvalue weighted by molar-refractivity contribution is 0.0979. The van der Waals surface area contributed by atoms with Gasteiger partial charge in [0.05, 0.1) is 30.7 Å². The van der Waals surface area contributed by atoms with Gasteiger partial charge in [-0.25, -0.2) is 8.42 Å². The Kier molecular flexibility index (Phi) is 6.34. The molecular weight excluding hydrogens is 526 g/mol. The van der Waals surface area contributed by atoms with Crippen molar-refractivity contribution in [2.45, 2.75) is 51.2 Å². The highest BCUT2D eigenvalue weighted by molar-refractivity contribution is 7.92. The summed E-state index contributed by atoms with van der Waals surface area (Å²) in [6, 6.07) is 17.7. The molecule has 2 fully saturated rings. The van der Waals surface area contributed by atoms with Crippen molar-refractivity contribution in [3.05, 3.63) is 71.3 Å². The zero-order chi connectivity index (χ0) is 28.4. The van der Waals surface area contributed by atoms with Gasteiger partial charge < -0.3 is 19.6 Å². The number of rotatable bonds is 5. The van der Waals surface area contributed by atoms with Gasteiger partial charge in [-0.05, 0) is 65.3 Å². The van der Waals surface area contributed by atoms with Gasteiger partial charge in [-0.3, -0.25) is 9.52 Å². The van der Waals surface area contributed by atoms with Gasteiger partial charge in [0.2, 0.25) is 10.0 Å². The van der Waals surface area contributed by atoms with E-state index in [1.807, 2.05) is 12.1 Å². The molecule has 40 heavy (non-hydrogen) atoms. The fraction of sp³-hybridized carbons (Fsp3) is 0.387. The van der Waals surface area contributed by atoms with Crippen molar-refractivity contribution in [1.82, 2.24) is 0 Å². The van der Waals surface area contributed by atoms with E-state index in [2.05, 4.69) is 54.7 Å². The third-order valence-corrected chi connectivity index (χ3v) is 8.75. The number of fused-ring (bicyclic) bond motifs is 3. The molecule has 2 N–H and O–H groups in total. The molecule has 3 aromatic rings. The highest BCUT2D eigenvalue weighted by atomic mass is 32.2. The van der Waals surface area contributed by atoms with E-state index in [9.17, 15) is 18.3 Å². The van der Waals surface area contributed by atoms with Crippen LogP contribution in [0.3, 0.4) is 0 Å². The van der Waals surface area contributed by atoms with Crippen molar-refractivity contribution in [2.75, 3.05) is 40.5 Å². The summed E-state index contributed by atoms with van der Waals surface area (Å²) in [7, 11) is -3.59. The molecule has 2 saturated heterocycles. The van der Waals surface area contributed by atoms with Gasteiger partial charge in [-0.1, -0.05) is 45.0 Å². The maximum Gasteiger partial charge on any atom is 0.258 e. The van der Waals surface area contributed by atoms with Crippen molar-refractivity contribution >= 4 is 33.0 Å². The lowest BCUT2D eigenvalue weighted by atomic mass is 9.84. The largest absolute Gasteiger partial charge is 0.506 e. The van der Waals surface area contributed by atoms with E-state index in [1.54, 1.807) is 11.0 Å². The number of ether oxygens (including phenoxy) is 1. The first-order chi connectivity index (χ1) is 18.9. The van der Waals surface area contributed by atoms with Gasteiger partial charge in [0.15, 0.2) is 0 Å². The zero-order valence-corrected chi connectivity index (χ0v) is 24.1. The molecule has 2 bridgehead atoms. The Bertz CT molecular complexity index is 1610. The van der Waals surface area contributed by atoms with E-state index >= 15 is 0 Å². The van der Waals surface area contributed by atoms with Crippen LogP contribution in [-0.4, -0.2) is 57.5 Å². The SMILES string of the molecule is CC(C)(C)c1ccc(-c2ccc3c(c2)CCN(c2ccc(O)c(NS(C)(=O)=O)c2)C3=O)c(N2C[C@@H]3C[C@H]2CO3)c1. The Morgan fingerprint density at radius 3 is 2.48 bits per heavy atom. The molecule has 0 spiro atoms. The zero-order valence-electron chi connectivity index (χ0n) is 23.3. The third-order valence-electron chi connectivity index (χ3n) is 8.16. The molecule has 0 saturated carbocycles. The molecule has 1 amide bonds. The van der Waals surface area contributed by atoms with Crippen LogP contribution in [0.1, 0.15) is 48.7 Å². The number of morpholine rings is 1. The van der Waals surface area contributed by atoms with E-state index in [0.717, 1.165) is 42.5 Å². The molecule has 8 nitrogen and oxygen atoms in total. The summed E-state index contributed by atoms with van der Waals surface area (Å²) in [5, 5.41) is 10.1. The standard InChI is InChI=1S/C31H35N3O5S/c1-31(2,3)21-6-9-25(28(14-21)34-17-24-15-23(34)18-39-24)19-5-8-26-20(13-19)11-12-33(30(26)36)22-7-10-29(35)27(16-22)32-40(4,37)38/h5-10,13-14,16,23-24,32,35H,11-12,15,17-18H2,1-4H3/t23-,24-/m0/s1.